The van der Waals surface area contributed by atoms with Crippen molar-refractivity contribution in [1.29, 1.82) is 0 Å². The predicted molar refractivity (Wildman–Crippen MR) is 68.7 cm³/mol. The molecule has 1 aliphatic heterocycles. The van der Waals surface area contributed by atoms with Crippen LogP contribution in [0.4, 0.5) is 0 Å². The zero-order valence-electron chi connectivity index (χ0n) is 11.2. The average Bonchev–Trinajstić information content (AvgIpc) is 2.28. The first-order valence-electron chi connectivity index (χ1n) is 6.99. The first-order chi connectivity index (χ1) is 8.19. The molecule has 1 unspecified atom stereocenters. The molecular weight excluding hydrogens is 214 g/mol. The summed E-state index contributed by atoms with van der Waals surface area (Å²) in [5.41, 5.74) is 0. The monoisotopic (exact) mass is 239 g/mol. The van der Waals surface area contributed by atoms with E-state index in [4.69, 9.17) is 0 Å². The maximum absolute atomic E-state index is 11.9. The van der Waals surface area contributed by atoms with Gasteiger partial charge in [-0.2, -0.15) is 0 Å². The van der Waals surface area contributed by atoms with Crippen molar-refractivity contribution in [3.05, 3.63) is 0 Å². The molecule has 1 rings (SSSR count). The second-order valence-corrected chi connectivity index (χ2v) is 4.93. The summed E-state index contributed by atoms with van der Waals surface area (Å²) in [6.45, 7) is 5.60. The van der Waals surface area contributed by atoms with Crippen LogP contribution in [-0.2, 0) is 9.59 Å². The topological polar surface area (TPSA) is 37.4 Å². The normalized spacial score (nSPS) is 21.8. The van der Waals surface area contributed by atoms with Crippen molar-refractivity contribution in [1.82, 2.24) is 4.90 Å². The zero-order valence-corrected chi connectivity index (χ0v) is 11.2. The molecule has 1 amide bonds. The van der Waals surface area contributed by atoms with Crippen molar-refractivity contribution in [2.45, 2.75) is 58.8 Å². The van der Waals surface area contributed by atoms with E-state index in [-0.39, 0.29) is 11.8 Å². The van der Waals surface area contributed by atoms with Gasteiger partial charge in [-0.25, -0.2) is 0 Å². The Morgan fingerprint density at radius 3 is 2.53 bits per heavy atom. The molecule has 0 aromatic carbocycles. The maximum atomic E-state index is 11.9. The van der Waals surface area contributed by atoms with Gasteiger partial charge in [0.15, 0.2) is 0 Å². The largest absolute Gasteiger partial charge is 0.343 e. The van der Waals surface area contributed by atoms with E-state index in [0.717, 1.165) is 45.2 Å². The van der Waals surface area contributed by atoms with Gasteiger partial charge in [-0.15, -0.1) is 0 Å². The number of nitrogens with zero attached hydrogens (tertiary/aromatic N) is 1. The fraction of sp³-hybridized carbons (Fsp3) is 0.857. The molecule has 98 valence electrons. The van der Waals surface area contributed by atoms with Crippen molar-refractivity contribution in [2.24, 2.45) is 5.92 Å². The lowest BCUT2D eigenvalue weighted by molar-refractivity contribution is -0.132. The van der Waals surface area contributed by atoms with E-state index in [2.05, 4.69) is 0 Å². The van der Waals surface area contributed by atoms with Gasteiger partial charge in [0, 0.05) is 31.8 Å². The molecule has 17 heavy (non-hydrogen) atoms. The van der Waals surface area contributed by atoms with Crippen LogP contribution in [0, 0.1) is 5.92 Å². The minimum atomic E-state index is 0.197. The standard InChI is InChI=1S/C14H25NO2/c1-3-7-13(16)12-8-5-6-10-15(11-9-12)14(17)4-2/h12H,3-11H2,1-2H3. The number of likely N-dealkylation sites (tertiary alicyclic amines) is 1. The molecule has 0 bridgehead atoms. The molecule has 1 aliphatic rings. The van der Waals surface area contributed by atoms with Crippen molar-refractivity contribution in [3.8, 4) is 0 Å². The van der Waals surface area contributed by atoms with Crippen molar-refractivity contribution in [3.63, 3.8) is 0 Å². The third kappa shape index (κ3) is 4.49. The van der Waals surface area contributed by atoms with Crippen LogP contribution >= 0.6 is 0 Å². The Morgan fingerprint density at radius 1 is 1.12 bits per heavy atom. The summed E-state index contributed by atoms with van der Waals surface area (Å²) >= 11 is 0. The Hall–Kier alpha value is -0.860. The third-order valence-electron chi connectivity index (χ3n) is 3.58. The van der Waals surface area contributed by atoms with Crippen LogP contribution in [0.3, 0.4) is 0 Å². The second kappa shape index (κ2) is 7.46. The van der Waals surface area contributed by atoms with Crippen LogP contribution in [0.1, 0.15) is 58.8 Å². The Morgan fingerprint density at radius 2 is 1.88 bits per heavy atom. The molecule has 1 heterocycles. The van der Waals surface area contributed by atoms with Gasteiger partial charge in [0.05, 0.1) is 0 Å². The van der Waals surface area contributed by atoms with Crippen molar-refractivity contribution in [2.75, 3.05) is 13.1 Å². The molecule has 0 aromatic rings. The fourth-order valence-electron chi connectivity index (χ4n) is 2.51. The van der Waals surface area contributed by atoms with Crippen LogP contribution in [0.5, 0.6) is 0 Å². The summed E-state index contributed by atoms with van der Waals surface area (Å²) in [6, 6.07) is 0. The van der Waals surface area contributed by atoms with E-state index in [1.54, 1.807) is 0 Å². The number of ketones is 1. The highest BCUT2D eigenvalue weighted by Gasteiger charge is 2.22. The van der Waals surface area contributed by atoms with Gasteiger partial charge in [-0.1, -0.05) is 20.3 Å². The summed E-state index contributed by atoms with van der Waals surface area (Å²) in [6.07, 6.45) is 6.22. The van der Waals surface area contributed by atoms with Gasteiger partial charge in [-0.3, -0.25) is 9.59 Å². The average molecular weight is 239 g/mol. The number of Topliss-reactive ketones (excluding diaryl/α,β-unsaturated/α-hetero) is 1. The SMILES string of the molecule is CCCC(=O)C1CCCCN(C(=O)CC)CC1. The highest BCUT2D eigenvalue weighted by atomic mass is 16.2. The van der Waals surface area contributed by atoms with E-state index in [0.29, 0.717) is 18.6 Å². The quantitative estimate of drug-likeness (QED) is 0.756. The van der Waals surface area contributed by atoms with Gasteiger partial charge in [0.25, 0.3) is 0 Å². The summed E-state index contributed by atoms with van der Waals surface area (Å²) in [4.78, 5) is 25.5. The number of hydrogen-bond donors (Lipinski definition) is 0. The third-order valence-corrected chi connectivity index (χ3v) is 3.58. The summed E-state index contributed by atoms with van der Waals surface area (Å²) in [5, 5.41) is 0. The molecule has 3 nitrogen and oxygen atoms in total. The van der Waals surface area contributed by atoms with E-state index in [1.165, 1.54) is 0 Å². The molecule has 0 radical (unpaired) electrons. The lowest BCUT2D eigenvalue weighted by Gasteiger charge is -2.27. The van der Waals surface area contributed by atoms with Crippen molar-refractivity contribution >= 4 is 11.7 Å². The van der Waals surface area contributed by atoms with Gasteiger partial charge in [0.1, 0.15) is 5.78 Å². The number of amides is 1. The van der Waals surface area contributed by atoms with Crippen LogP contribution in [-0.4, -0.2) is 29.7 Å². The Balaban J connectivity index is 2.50. The first-order valence-corrected chi connectivity index (χ1v) is 6.99. The highest BCUT2D eigenvalue weighted by molar-refractivity contribution is 5.81. The number of carbonyl (C=O) groups is 2. The fourth-order valence-corrected chi connectivity index (χ4v) is 2.51. The minimum Gasteiger partial charge on any atom is -0.343 e. The van der Waals surface area contributed by atoms with E-state index < -0.39 is 0 Å². The minimum absolute atomic E-state index is 0.197. The van der Waals surface area contributed by atoms with E-state index in [1.807, 2.05) is 18.7 Å². The lowest BCUT2D eigenvalue weighted by atomic mass is 9.90. The van der Waals surface area contributed by atoms with Gasteiger partial charge in [-0.05, 0) is 25.7 Å². The Kier molecular flexibility index (Phi) is 6.23. The predicted octanol–water partition coefficient (Wildman–Crippen LogP) is 2.78. The molecule has 1 atom stereocenters. The molecule has 0 N–H and O–H groups in total. The molecule has 0 aliphatic carbocycles. The zero-order chi connectivity index (χ0) is 12.7. The smallest absolute Gasteiger partial charge is 0.222 e. The van der Waals surface area contributed by atoms with E-state index >= 15 is 0 Å². The van der Waals surface area contributed by atoms with Gasteiger partial charge >= 0.3 is 0 Å². The molecule has 0 aromatic heterocycles. The number of hydrogen-bond acceptors (Lipinski definition) is 2. The summed E-state index contributed by atoms with van der Waals surface area (Å²) < 4.78 is 0. The summed E-state index contributed by atoms with van der Waals surface area (Å²) in [7, 11) is 0. The van der Waals surface area contributed by atoms with Crippen LogP contribution in [0.15, 0.2) is 0 Å². The molecule has 1 saturated heterocycles. The van der Waals surface area contributed by atoms with Gasteiger partial charge < -0.3 is 4.90 Å². The van der Waals surface area contributed by atoms with Gasteiger partial charge in [0.2, 0.25) is 5.91 Å². The van der Waals surface area contributed by atoms with Crippen LogP contribution < -0.4 is 0 Å². The molecular formula is C14H25NO2. The lowest BCUT2D eigenvalue weighted by Crippen LogP contribution is -2.35. The van der Waals surface area contributed by atoms with Crippen molar-refractivity contribution < 1.29 is 9.59 Å². The molecule has 1 fully saturated rings. The number of rotatable bonds is 4. The van der Waals surface area contributed by atoms with Crippen LogP contribution in [0.25, 0.3) is 0 Å². The molecule has 0 spiro atoms. The molecule has 0 saturated carbocycles. The highest BCUT2D eigenvalue weighted by Crippen LogP contribution is 2.20. The Bertz CT molecular complexity index is 263. The maximum Gasteiger partial charge on any atom is 0.222 e. The number of carbonyl (C=O) groups excluding carboxylic acids is 2. The van der Waals surface area contributed by atoms with E-state index in [9.17, 15) is 9.59 Å². The Labute approximate surface area is 105 Å². The van der Waals surface area contributed by atoms with Crippen LogP contribution in [0.2, 0.25) is 0 Å². The molecule has 3 heteroatoms. The summed E-state index contributed by atoms with van der Waals surface area (Å²) in [5.74, 6) is 0.828. The first kappa shape index (κ1) is 14.2. The second-order valence-electron chi connectivity index (χ2n) is 4.93.